The quantitative estimate of drug-likeness (QED) is 0.790. The minimum atomic E-state index is -3.32. The lowest BCUT2D eigenvalue weighted by molar-refractivity contribution is 0.260. The number of rotatable bonds is 7. The van der Waals surface area contributed by atoms with Gasteiger partial charge in [-0.3, -0.25) is 4.90 Å². The Morgan fingerprint density at radius 2 is 1.76 bits per heavy atom. The van der Waals surface area contributed by atoms with E-state index in [0.717, 1.165) is 24.2 Å². The van der Waals surface area contributed by atoms with Crippen molar-refractivity contribution in [1.29, 1.82) is 0 Å². The highest BCUT2D eigenvalue weighted by Gasteiger charge is 2.20. The summed E-state index contributed by atoms with van der Waals surface area (Å²) < 4.78 is 26.9. The van der Waals surface area contributed by atoms with E-state index in [1.807, 2.05) is 0 Å². The number of nitrogens with zero attached hydrogens (tertiary/aromatic N) is 1. The summed E-state index contributed by atoms with van der Waals surface area (Å²) in [6, 6.07) is 7.22. The fourth-order valence-electron chi connectivity index (χ4n) is 2.57. The lowest BCUT2D eigenvalue weighted by Crippen LogP contribution is -2.40. The molecule has 5 nitrogen and oxygen atoms in total. The zero-order valence-corrected chi connectivity index (χ0v) is 13.3. The Morgan fingerprint density at radius 3 is 2.33 bits per heavy atom. The first-order valence-corrected chi connectivity index (χ1v) is 9.05. The summed E-state index contributed by atoms with van der Waals surface area (Å²) in [4.78, 5) is 2.32. The Kier molecular flexibility index (Phi) is 5.75. The standard InChI is InChI=1S/C15H24N2O3S/c1-13(17-8-2-3-9-17)10-16-21(19,20)12-15-6-4-14(11-18)5-7-15/h4-7,13,16,18H,2-3,8-12H2,1H3. The van der Waals surface area contributed by atoms with Crippen LogP contribution in [-0.4, -0.2) is 44.1 Å². The summed E-state index contributed by atoms with van der Waals surface area (Å²) in [5, 5.41) is 8.97. The summed E-state index contributed by atoms with van der Waals surface area (Å²) in [6.45, 7) is 4.61. The molecular formula is C15H24N2O3S. The molecule has 1 atom stereocenters. The molecule has 1 aliphatic heterocycles. The SMILES string of the molecule is CC(CNS(=O)(=O)Cc1ccc(CO)cc1)N1CCCC1. The van der Waals surface area contributed by atoms with Gasteiger partial charge in [0, 0.05) is 12.6 Å². The zero-order chi connectivity index (χ0) is 15.3. The van der Waals surface area contributed by atoms with Crippen LogP contribution in [0.3, 0.4) is 0 Å². The van der Waals surface area contributed by atoms with Crippen LogP contribution < -0.4 is 4.72 Å². The van der Waals surface area contributed by atoms with E-state index in [2.05, 4.69) is 16.5 Å². The fraction of sp³-hybridized carbons (Fsp3) is 0.600. The maximum atomic E-state index is 12.1. The number of nitrogens with one attached hydrogen (secondary N) is 1. The van der Waals surface area contributed by atoms with Gasteiger partial charge in [-0.1, -0.05) is 24.3 Å². The second-order valence-electron chi connectivity index (χ2n) is 5.67. The normalized spacial score (nSPS) is 18.0. The molecule has 0 spiro atoms. The van der Waals surface area contributed by atoms with E-state index in [-0.39, 0.29) is 18.4 Å². The van der Waals surface area contributed by atoms with Crippen LogP contribution in [0.5, 0.6) is 0 Å². The molecule has 1 saturated heterocycles. The molecule has 118 valence electrons. The minimum absolute atomic E-state index is 0.0224. The zero-order valence-electron chi connectivity index (χ0n) is 12.5. The Bertz CT molecular complexity index is 537. The van der Waals surface area contributed by atoms with Crippen molar-refractivity contribution < 1.29 is 13.5 Å². The molecule has 1 aromatic carbocycles. The van der Waals surface area contributed by atoms with E-state index in [9.17, 15) is 8.42 Å². The third-order valence-corrected chi connectivity index (χ3v) is 5.24. The topological polar surface area (TPSA) is 69.6 Å². The molecule has 1 heterocycles. The Labute approximate surface area is 127 Å². The largest absolute Gasteiger partial charge is 0.392 e. The van der Waals surface area contributed by atoms with Gasteiger partial charge in [-0.2, -0.15) is 0 Å². The highest BCUT2D eigenvalue weighted by Crippen LogP contribution is 2.12. The van der Waals surface area contributed by atoms with Crippen LogP contribution in [0.15, 0.2) is 24.3 Å². The molecule has 1 aromatic rings. The van der Waals surface area contributed by atoms with Crippen molar-refractivity contribution >= 4 is 10.0 Å². The van der Waals surface area contributed by atoms with E-state index in [0.29, 0.717) is 6.54 Å². The van der Waals surface area contributed by atoms with Crippen molar-refractivity contribution in [1.82, 2.24) is 9.62 Å². The van der Waals surface area contributed by atoms with Crippen LogP contribution in [0, 0.1) is 0 Å². The molecule has 0 saturated carbocycles. The van der Waals surface area contributed by atoms with Crippen molar-refractivity contribution in [3.05, 3.63) is 35.4 Å². The minimum Gasteiger partial charge on any atom is -0.392 e. The van der Waals surface area contributed by atoms with Crippen molar-refractivity contribution in [2.45, 2.75) is 38.2 Å². The Morgan fingerprint density at radius 1 is 1.19 bits per heavy atom. The van der Waals surface area contributed by atoms with Crippen molar-refractivity contribution in [2.24, 2.45) is 0 Å². The maximum Gasteiger partial charge on any atom is 0.215 e. The molecule has 1 aliphatic rings. The summed E-state index contributed by atoms with van der Waals surface area (Å²) in [6.07, 6.45) is 2.41. The lowest BCUT2D eigenvalue weighted by Gasteiger charge is -2.23. The average molecular weight is 312 g/mol. The van der Waals surface area contributed by atoms with Gasteiger partial charge >= 0.3 is 0 Å². The second-order valence-corrected chi connectivity index (χ2v) is 7.48. The summed E-state index contributed by atoms with van der Waals surface area (Å²) >= 11 is 0. The number of hydrogen-bond acceptors (Lipinski definition) is 4. The van der Waals surface area contributed by atoms with Crippen LogP contribution in [0.2, 0.25) is 0 Å². The molecule has 1 fully saturated rings. The van der Waals surface area contributed by atoms with Crippen molar-refractivity contribution in [3.8, 4) is 0 Å². The van der Waals surface area contributed by atoms with Crippen molar-refractivity contribution in [2.75, 3.05) is 19.6 Å². The van der Waals surface area contributed by atoms with Crippen LogP contribution in [0.25, 0.3) is 0 Å². The molecule has 6 heteroatoms. The van der Waals surface area contributed by atoms with E-state index in [4.69, 9.17) is 5.11 Å². The van der Waals surface area contributed by atoms with E-state index in [1.54, 1.807) is 24.3 Å². The molecule has 0 amide bonds. The predicted molar refractivity (Wildman–Crippen MR) is 83.3 cm³/mol. The average Bonchev–Trinajstić information content (AvgIpc) is 2.99. The first kappa shape index (κ1) is 16.4. The van der Waals surface area contributed by atoms with Crippen LogP contribution >= 0.6 is 0 Å². The van der Waals surface area contributed by atoms with E-state index >= 15 is 0 Å². The highest BCUT2D eigenvalue weighted by atomic mass is 32.2. The molecule has 0 bridgehead atoms. The van der Waals surface area contributed by atoms with Crippen LogP contribution in [0.1, 0.15) is 30.9 Å². The van der Waals surface area contributed by atoms with Gasteiger partial charge in [0.25, 0.3) is 0 Å². The summed E-state index contributed by atoms with van der Waals surface area (Å²) in [5.74, 6) is -0.0224. The molecule has 2 rings (SSSR count). The lowest BCUT2D eigenvalue weighted by atomic mass is 10.2. The third-order valence-electron chi connectivity index (χ3n) is 3.92. The smallest absolute Gasteiger partial charge is 0.215 e. The summed E-state index contributed by atoms with van der Waals surface area (Å²) in [5.41, 5.74) is 1.51. The molecule has 0 aliphatic carbocycles. The van der Waals surface area contributed by atoms with Gasteiger partial charge in [-0.15, -0.1) is 0 Å². The third kappa shape index (κ3) is 5.07. The van der Waals surface area contributed by atoms with Gasteiger partial charge in [-0.05, 0) is 44.0 Å². The predicted octanol–water partition coefficient (Wildman–Crippen LogP) is 1.08. The monoisotopic (exact) mass is 312 g/mol. The highest BCUT2D eigenvalue weighted by molar-refractivity contribution is 7.88. The van der Waals surface area contributed by atoms with E-state index in [1.165, 1.54) is 12.8 Å². The fourth-order valence-corrected chi connectivity index (χ4v) is 3.80. The first-order chi connectivity index (χ1) is 10.00. The van der Waals surface area contributed by atoms with Crippen LogP contribution in [0.4, 0.5) is 0 Å². The number of hydrogen-bond donors (Lipinski definition) is 2. The second kappa shape index (κ2) is 7.35. The number of sulfonamides is 1. The van der Waals surface area contributed by atoms with Crippen LogP contribution in [-0.2, 0) is 22.4 Å². The van der Waals surface area contributed by atoms with Gasteiger partial charge in [0.15, 0.2) is 0 Å². The summed E-state index contributed by atoms with van der Waals surface area (Å²) in [7, 11) is -3.32. The molecule has 0 radical (unpaired) electrons. The molecule has 1 unspecified atom stereocenters. The van der Waals surface area contributed by atoms with E-state index < -0.39 is 10.0 Å². The number of aliphatic hydroxyl groups excluding tert-OH is 1. The maximum absolute atomic E-state index is 12.1. The van der Waals surface area contributed by atoms with Gasteiger partial charge in [0.2, 0.25) is 10.0 Å². The molecule has 21 heavy (non-hydrogen) atoms. The number of benzene rings is 1. The first-order valence-electron chi connectivity index (χ1n) is 7.40. The Balaban J connectivity index is 1.85. The molecule has 0 aromatic heterocycles. The van der Waals surface area contributed by atoms with Crippen molar-refractivity contribution in [3.63, 3.8) is 0 Å². The molecular weight excluding hydrogens is 288 g/mol. The Hall–Kier alpha value is -0.950. The molecule has 2 N–H and O–H groups in total. The number of likely N-dealkylation sites (tertiary alicyclic amines) is 1. The number of aliphatic hydroxyl groups is 1. The van der Waals surface area contributed by atoms with Gasteiger partial charge < -0.3 is 5.11 Å². The van der Waals surface area contributed by atoms with Gasteiger partial charge in [0.05, 0.1) is 12.4 Å². The van der Waals surface area contributed by atoms with Gasteiger partial charge in [0.1, 0.15) is 0 Å². The van der Waals surface area contributed by atoms with Gasteiger partial charge in [-0.25, -0.2) is 13.1 Å².